The molecule has 0 aliphatic rings. The van der Waals surface area contributed by atoms with Gasteiger partial charge in [0.2, 0.25) is 0 Å². The van der Waals surface area contributed by atoms with Crippen LogP contribution in [0.4, 0.5) is 0 Å². The molecule has 0 atom stereocenters. The van der Waals surface area contributed by atoms with Gasteiger partial charge in [-0.15, -0.1) is 0 Å². The molecule has 0 amide bonds. The summed E-state index contributed by atoms with van der Waals surface area (Å²) in [4.78, 5) is 0. The Morgan fingerprint density at radius 1 is 0.900 bits per heavy atom. The highest BCUT2D eigenvalue weighted by molar-refractivity contribution is 5.26. The lowest BCUT2D eigenvalue weighted by atomic mass is 9.99. The molecule has 1 rings (SSSR count). The average Bonchev–Trinajstić information content (AvgIpc) is 2.43. The molecule has 0 aromatic carbocycles. The average molecular weight is 298 g/mol. The van der Waals surface area contributed by atoms with Gasteiger partial charge >= 0.3 is 0 Å². The zero-order valence-electron chi connectivity index (χ0n) is 13.8. The van der Waals surface area contributed by atoms with Crippen molar-refractivity contribution >= 4 is 0 Å². The van der Waals surface area contributed by atoms with Gasteiger partial charge in [-0.3, -0.25) is 0 Å². The Morgan fingerprint density at radius 3 is 2.10 bits per heavy atom. The zero-order valence-corrected chi connectivity index (χ0v) is 14.6. The number of aryl methyl sites for hydroxylation is 2. The highest BCUT2D eigenvalue weighted by atomic mass is 35.5. The zero-order chi connectivity index (χ0) is 14.1. The van der Waals surface area contributed by atoms with Crippen LogP contribution in [0.25, 0.3) is 0 Å². The van der Waals surface area contributed by atoms with E-state index >= 15 is 0 Å². The van der Waals surface area contributed by atoms with Gasteiger partial charge in [0.15, 0.2) is 11.9 Å². The molecule has 0 radical (unpaired) electrons. The van der Waals surface area contributed by atoms with Crippen LogP contribution in [0.2, 0.25) is 0 Å². The quantitative estimate of drug-likeness (QED) is 0.612. The van der Waals surface area contributed by atoms with Crippen LogP contribution >= 0.6 is 0 Å². The molecule has 20 heavy (non-hydrogen) atoms. The highest BCUT2D eigenvalue weighted by Crippen LogP contribution is 2.15. The second kappa shape index (κ2) is 11.1. The van der Waals surface area contributed by atoms with E-state index in [0.717, 1.165) is 0 Å². The van der Waals surface area contributed by atoms with Gasteiger partial charge in [-0.05, 0) is 31.7 Å². The molecule has 0 aliphatic heterocycles. The van der Waals surface area contributed by atoms with Gasteiger partial charge in [0.05, 0.1) is 0 Å². The number of unbranched alkanes of at least 4 members (excludes halogenated alkanes) is 3. The van der Waals surface area contributed by atoms with Gasteiger partial charge in [-0.25, -0.2) is 4.57 Å². The second-order valence-electron chi connectivity index (χ2n) is 5.67. The van der Waals surface area contributed by atoms with Gasteiger partial charge in [0.25, 0.3) is 0 Å². The third kappa shape index (κ3) is 5.83. The molecule has 0 aliphatic carbocycles. The first-order valence-electron chi connectivity index (χ1n) is 8.25. The van der Waals surface area contributed by atoms with Gasteiger partial charge in [-0.1, -0.05) is 40.0 Å². The van der Waals surface area contributed by atoms with Crippen LogP contribution < -0.4 is 17.0 Å². The van der Waals surface area contributed by atoms with E-state index in [-0.39, 0.29) is 12.4 Å². The van der Waals surface area contributed by atoms with E-state index < -0.39 is 0 Å². The number of aromatic nitrogens is 1. The summed E-state index contributed by atoms with van der Waals surface area (Å²) < 4.78 is 2.50. The molecule has 0 fully saturated rings. The summed E-state index contributed by atoms with van der Waals surface area (Å²) in [5.74, 6) is 0. The van der Waals surface area contributed by atoms with Crippen molar-refractivity contribution in [3.8, 4) is 0 Å². The van der Waals surface area contributed by atoms with Crippen LogP contribution in [0.1, 0.15) is 76.1 Å². The lowest BCUT2D eigenvalue weighted by Crippen LogP contribution is -3.00. The summed E-state index contributed by atoms with van der Waals surface area (Å²) in [6.07, 6.45) is 12.6. The maximum absolute atomic E-state index is 2.50. The number of nitrogens with zero attached hydrogens (tertiary/aromatic N) is 1. The van der Waals surface area contributed by atoms with Crippen LogP contribution in [0, 0.1) is 6.92 Å². The SMILES string of the molecule is CCCCc1cc[n+](CCCC)c(CCCC)c1C.[Cl-]. The first kappa shape index (κ1) is 19.4. The van der Waals surface area contributed by atoms with Crippen LogP contribution in [0.15, 0.2) is 12.3 Å². The van der Waals surface area contributed by atoms with Crippen molar-refractivity contribution in [2.75, 3.05) is 0 Å². The van der Waals surface area contributed by atoms with Crippen molar-refractivity contribution in [1.82, 2.24) is 0 Å². The standard InChI is InChI=1S/C18H32N.ClH/c1-5-8-11-17-13-15-19(14-10-7-3)18(16(17)4)12-9-6-2;/h13,15H,5-12,14H2,1-4H3;1H/q+1;/p-1. The van der Waals surface area contributed by atoms with Crippen molar-refractivity contribution in [1.29, 1.82) is 0 Å². The summed E-state index contributed by atoms with van der Waals surface area (Å²) in [6, 6.07) is 2.36. The molecule has 0 N–H and O–H groups in total. The minimum Gasteiger partial charge on any atom is -1.00 e. The Balaban J connectivity index is 0.00000361. The van der Waals surface area contributed by atoms with Crippen molar-refractivity contribution < 1.29 is 17.0 Å². The van der Waals surface area contributed by atoms with E-state index in [0.29, 0.717) is 0 Å². The van der Waals surface area contributed by atoms with E-state index in [2.05, 4.69) is 44.5 Å². The third-order valence-electron chi connectivity index (χ3n) is 4.04. The monoisotopic (exact) mass is 297 g/mol. The minimum atomic E-state index is 0. The highest BCUT2D eigenvalue weighted by Gasteiger charge is 2.16. The fraction of sp³-hybridized carbons (Fsp3) is 0.722. The van der Waals surface area contributed by atoms with Crippen LogP contribution in [-0.4, -0.2) is 0 Å². The first-order valence-corrected chi connectivity index (χ1v) is 8.25. The molecular formula is C18H32ClN. The molecular weight excluding hydrogens is 266 g/mol. The van der Waals surface area contributed by atoms with E-state index in [1.54, 1.807) is 16.8 Å². The number of hydrogen-bond acceptors (Lipinski definition) is 0. The van der Waals surface area contributed by atoms with E-state index in [1.165, 1.54) is 57.9 Å². The summed E-state index contributed by atoms with van der Waals surface area (Å²) in [7, 11) is 0. The second-order valence-corrected chi connectivity index (χ2v) is 5.67. The Morgan fingerprint density at radius 2 is 1.50 bits per heavy atom. The Labute approximate surface area is 132 Å². The molecule has 0 saturated carbocycles. The molecule has 1 aromatic rings. The van der Waals surface area contributed by atoms with Crippen LogP contribution in [0.3, 0.4) is 0 Å². The Kier molecular flexibility index (Phi) is 10.8. The summed E-state index contributed by atoms with van der Waals surface area (Å²) in [5, 5.41) is 0. The topological polar surface area (TPSA) is 3.88 Å². The van der Waals surface area contributed by atoms with Gasteiger partial charge in [-0.2, -0.15) is 0 Å². The van der Waals surface area contributed by atoms with Gasteiger partial charge in [0.1, 0.15) is 6.54 Å². The lowest BCUT2D eigenvalue weighted by Gasteiger charge is -2.11. The normalized spacial score (nSPS) is 10.4. The van der Waals surface area contributed by atoms with Gasteiger partial charge in [0, 0.05) is 24.5 Å². The third-order valence-corrected chi connectivity index (χ3v) is 4.04. The molecule has 1 aromatic heterocycles. The predicted octanol–water partition coefficient (Wildman–Crippen LogP) is 1.77. The molecule has 1 heterocycles. The van der Waals surface area contributed by atoms with Gasteiger partial charge < -0.3 is 12.4 Å². The maximum atomic E-state index is 2.50. The molecule has 0 spiro atoms. The van der Waals surface area contributed by atoms with Crippen LogP contribution in [0.5, 0.6) is 0 Å². The maximum Gasteiger partial charge on any atom is 0.184 e. The molecule has 0 unspecified atom stereocenters. The largest absolute Gasteiger partial charge is 1.00 e. The first-order chi connectivity index (χ1) is 9.24. The smallest absolute Gasteiger partial charge is 0.184 e. The van der Waals surface area contributed by atoms with Crippen molar-refractivity contribution in [3.05, 3.63) is 29.1 Å². The Hall–Kier alpha value is -0.560. The van der Waals surface area contributed by atoms with Crippen molar-refractivity contribution in [3.63, 3.8) is 0 Å². The summed E-state index contributed by atoms with van der Waals surface area (Å²) in [5.41, 5.74) is 4.71. The lowest BCUT2D eigenvalue weighted by molar-refractivity contribution is -0.705. The molecule has 0 saturated heterocycles. The minimum absolute atomic E-state index is 0. The number of pyridine rings is 1. The molecule has 1 nitrogen and oxygen atoms in total. The molecule has 2 heteroatoms. The van der Waals surface area contributed by atoms with E-state index in [9.17, 15) is 0 Å². The van der Waals surface area contributed by atoms with E-state index in [4.69, 9.17) is 0 Å². The molecule has 0 bridgehead atoms. The Bertz CT molecular complexity index is 374. The van der Waals surface area contributed by atoms with E-state index in [1.807, 2.05) is 0 Å². The number of halogens is 1. The van der Waals surface area contributed by atoms with Crippen LogP contribution in [-0.2, 0) is 19.4 Å². The summed E-state index contributed by atoms with van der Waals surface area (Å²) >= 11 is 0. The molecule has 116 valence electrons. The predicted molar refractivity (Wildman–Crippen MR) is 83.5 cm³/mol. The summed E-state index contributed by atoms with van der Waals surface area (Å²) in [6.45, 7) is 10.3. The number of rotatable bonds is 9. The van der Waals surface area contributed by atoms with Crippen molar-refractivity contribution in [2.24, 2.45) is 0 Å². The van der Waals surface area contributed by atoms with Crippen molar-refractivity contribution in [2.45, 2.75) is 85.6 Å². The fourth-order valence-electron chi connectivity index (χ4n) is 2.65. The number of hydrogen-bond donors (Lipinski definition) is 0. The fourth-order valence-corrected chi connectivity index (χ4v) is 2.65.